The summed E-state index contributed by atoms with van der Waals surface area (Å²) >= 11 is 0. The molecule has 34 heavy (non-hydrogen) atoms. The van der Waals surface area contributed by atoms with Crippen LogP contribution in [-0.2, 0) is 25.9 Å². The summed E-state index contributed by atoms with van der Waals surface area (Å²) in [6.45, 7) is 6.87. The van der Waals surface area contributed by atoms with Gasteiger partial charge in [-0.15, -0.1) is 0 Å². The number of hydrogen-bond acceptors (Lipinski definition) is 0. The minimum Gasteiger partial charge on any atom is -1.00 e. The van der Waals surface area contributed by atoms with Crippen LogP contribution in [0.2, 0.25) is 0 Å². The molecule has 0 N–H and O–H groups in total. The number of unbranched alkanes of at least 4 members (excludes halogenated alkanes) is 11. The van der Waals surface area contributed by atoms with Crippen molar-refractivity contribution in [1.29, 1.82) is 0 Å². The molecule has 0 fully saturated rings. The summed E-state index contributed by atoms with van der Waals surface area (Å²) in [5, 5.41) is 0. The Morgan fingerprint density at radius 2 is 0.735 bits per heavy atom. The molecule has 0 spiro atoms. The van der Waals surface area contributed by atoms with Crippen molar-refractivity contribution in [3.63, 3.8) is 0 Å². The van der Waals surface area contributed by atoms with E-state index in [1.54, 1.807) is 0 Å². The first-order valence-electron chi connectivity index (χ1n) is 13.8. The molecule has 2 aromatic heterocycles. The molecule has 0 saturated heterocycles. The van der Waals surface area contributed by atoms with Crippen molar-refractivity contribution in [3.05, 3.63) is 60.2 Å². The first-order valence-corrected chi connectivity index (χ1v) is 13.8. The Bertz CT molecular complexity index is 624. The van der Waals surface area contributed by atoms with E-state index in [9.17, 15) is 0 Å². The van der Waals surface area contributed by atoms with Gasteiger partial charge in [0, 0.05) is 37.1 Å². The van der Waals surface area contributed by atoms with Crippen molar-refractivity contribution in [2.45, 2.75) is 130 Å². The van der Waals surface area contributed by atoms with Crippen LogP contribution in [0.15, 0.2) is 49.1 Å². The first kappa shape index (κ1) is 32.9. The highest BCUT2D eigenvalue weighted by atomic mass is 35.5. The van der Waals surface area contributed by atoms with Crippen LogP contribution in [0.5, 0.6) is 0 Å². The molecule has 2 heterocycles. The van der Waals surface area contributed by atoms with Crippen molar-refractivity contribution in [1.82, 2.24) is 0 Å². The van der Waals surface area contributed by atoms with Crippen molar-refractivity contribution < 1.29 is 33.9 Å². The van der Waals surface area contributed by atoms with Crippen LogP contribution < -0.4 is 33.9 Å². The molecule has 0 saturated carbocycles. The van der Waals surface area contributed by atoms with Gasteiger partial charge in [-0.3, -0.25) is 0 Å². The molecule has 2 aromatic rings. The van der Waals surface area contributed by atoms with Crippen LogP contribution in [0.4, 0.5) is 0 Å². The van der Waals surface area contributed by atoms with Gasteiger partial charge in [0.1, 0.15) is 13.1 Å². The Balaban J connectivity index is 0.00000544. The lowest BCUT2D eigenvalue weighted by molar-refractivity contribution is -0.697. The molecule has 0 aliphatic carbocycles. The highest BCUT2D eigenvalue weighted by Gasteiger charge is 2.03. The highest BCUT2D eigenvalue weighted by molar-refractivity contribution is 5.07. The lowest BCUT2D eigenvalue weighted by Gasteiger charge is -2.03. The quantitative estimate of drug-likeness (QED) is 0.201. The molecule has 194 valence electrons. The molecule has 0 aromatic carbocycles. The Kier molecular flexibility index (Phi) is 21.6. The van der Waals surface area contributed by atoms with E-state index in [1.807, 2.05) is 0 Å². The second-order valence-electron chi connectivity index (χ2n) is 9.63. The van der Waals surface area contributed by atoms with Gasteiger partial charge in [0.05, 0.1) is 0 Å². The van der Waals surface area contributed by atoms with Crippen LogP contribution in [0.3, 0.4) is 0 Å². The van der Waals surface area contributed by atoms with Crippen molar-refractivity contribution in [2.24, 2.45) is 0 Å². The Morgan fingerprint density at radius 1 is 0.441 bits per heavy atom. The lowest BCUT2D eigenvalue weighted by Crippen LogP contribution is -3.00. The molecule has 0 radical (unpaired) electrons. The number of halogens is 2. The van der Waals surface area contributed by atoms with Crippen molar-refractivity contribution in [3.8, 4) is 0 Å². The topological polar surface area (TPSA) is 7.76 Å². The number of nitrogens with zero attached hydrogens (tertiary/aromatic N) is 2. The average Bonchev–Trinajstić information content (AvgIpc) is 2.83. The predicted octanol–water partition coefficient (Wildman–Crippen LogP) is 1.56. The van der Waals surface area contributed by atoms with Crippen molar-refractivity contribution in [2.75, 3.05) is 0 Å². The number of rotatable bonds is 19. The summed E-state index contributed by atoms with van der Waals surface area (Å²) in [5.41, 5.74) is 2.97. The summed E-state index contributed by atoms with van der Waals surface area (Å²) in [6.07, 6.45) is 30.6. The van der Waals surface area contributed by atoms with E-state index in [0.29, 0.717) is 0 Å². The third kappa shape index (κ3) is 15.7. The monoisotopic (exact) mass is 508 g/mol. The molecule has 0 aliphatic rings. The molecule has 0 unspecified atom stereocenters. The molecule has 0 amide bonds. The number of aryl methyl sites for hydroxylation is 4. The fourth-order valence-corrected chi connectivity index (χ4v) is 4.37. The van der Waals surface area contributed by atoms with Crippen LogP contribution in [-0.4, -0.2) is 0 Å². The highest BCUT2D eigenvalue weighted by Crippen LogP contribution is 2.11. The SMILES string of the molecule is CCCCc1cc[n+](CCCCCCCCCCCC[n+]2ccc(CCCC)cc2)cc1.[Cl-].[Cl-]. The third-order valence-electron chi connectivity index (χ3n) is 6.64. The minimum atomic E-state index is 0. The van der Waals surface area contributed by atoms with Gasteiger partial charge in [0.15, 0.2) is 24.8 Å². The summed E-state index contributed by atoms with van der Waals surface area (Å²) in [4.78, 5) is 0. The zero-order valence-electron chi connectivity index (χ0n) is 22.0. The van der Waals surface area contributed by atoms with E-state index in [1.165, 1.54) is 127 Å². The Morgan fingerprint density at radius 3 is 1.03 bits per heavy atom. The maximum atomic E-state index is 2.36. The van der Waals surface area contributed by atoms with Gasteiger partial charge in [-0.2, -0.15) is 0 Å². The number of hydrogen-bond donors (Lipinski definition) is 0. The Hall–Kier alpha value is -1.12. The third-order valence-corrected chi connectivity index (χ3v) is 6.64. The Labute approximate surface area is 223 Å². The van der Waals surface area contributed by atoms with E-state index < -0.39 is 0 Å². The summed E-state index contributed by atoms with van der Waals surface area (Å²) in [6, 6.07) is 9.22. The van der Waals surface area contributed by atoms with Gasteiger partial charge < -0.3 is 24.8 Å². The standard InChI is InChI=1S/C30H50N2.2ClH/c1-3-5-17-29-19-25-31(26-20-29)23-15-13-11-9-7-8-10-12-14-16-24-32-27-21-30(22-28-32)18-6-4-2;;/h19-22,25-28H,3-18,23-24H2,1-2H3;2*1H/q+2;;/p-2. The van der Waals surface area contributed by atoms with E-state index in [0.717, 1.165) is 0 Å². The zero-order valence-corrected chi connectivity index (χ0v) is 23.5. The zero-order chi connectivity index (χ0) is 22.7. The first-order chi connectivity index (χ1) is 15.8. The second-order valence-corrected chi connectivity index (χ2v) is 9.63. The number of aromatic nitrogens is 2. The summed E-state index contributed by atoms with van der Waals surface area (Å²) in [7, 11) is 0. The van der Waals surface area contributed by atoms with Gasteiger partial charge in [0.2, 0.25) is 0 Å². The van der Waals surface area contributed by atoms with Crippen LogP contribution in [0.25, 0.3) is 0 Å². The molecule has 0 bridgehead atoms. The molecular formula is C30H50Cl2N2. The van der Waals surface area contributed by atoms with E-state index in [-0.39, 0.29) is 24.8 Å². The number of pyridine rings is 2. The summed E-state index contributed by atoms with van der Waals surface area (Å²) < 4.78 is 4.71. The molecule has 0 atom stereocenters. The van der Waals surface area contributed by atoms with E-state index in [4.69, 9.17) is 0 Å². The van der Waals surface area contributed by atoms with E-state index in [2.05, 4.69) is 72.0 Å². The molecule has 2 nitrogen and oxygen atoms in total. The molecular weight excluding hydrogens is 459 g/mol. The average molecular weight is 510 g/mol. The van der Waals surface area contributed by atoms with E-state index >= 15 is 0 Å². The lowest BCUT2D eigenvalue weighted by atomic mass is 10.1. The fraction of sp³-hybridized carbons (Fsp3) is 0.667. The second kappa shape index (κ2) is 22.4. The predicted molar refractivity (Wildman–Crippen MR) is 137 cm³/mol. The minimum absolute atomic E-state index is 0. The largest absolute Gasteiger partial charge is 1.00 e. The van der Waals surface area contributed by atoms with Gasteiger partial charge in [0.25, 0.3) is 0 Å². The molecule has 2 rings (SSSR count). The van der Waals surface area contributed by atoms with Gasteiger partial charge in [-0.1, -0.05) is 65.2 Å². The van der Waals surface area contributed by atoms with Gasteiger partial charge in [-0.25, -0.2) is 9.13 Å². The smallest absolute Gasteiger partial charge is 0.169 e. The maximum Gasteiger partial charge on any atom is 0.169 e. The van der Waals surface area contributed by atoms with Gasteiger partial charge in [-0.05, 0) is 49.7 Å². The van der Waals surface area contributed by atoms with Gasteiger partial charge >= 0.3 is 0 Å². The maximum absolute atomic E-state index is 2.36. The fourth-order valence-electron chi connectivity index (χ4n) is 4.37. The van der Waals surface area contributed by atoms with Crippen molar-refractivity contribution >= 4 is 0 Å². The molecule has 0 aliphatic heterocycles. The van der Waals surface area contributed by atoms with Crippen LogP contribution in [0.1, 0.15) is 115 Å². The van der Waals surface area contributed by atoms with Crippen LogP contribution in [0, 0.1) is 0 Å². The normalized spacial score (nSPS) is 10.5. The van der Waals surface area contributed by atoms with Crippen LogP contribution >= 0.6 is 0 Å². The summed E-state index contributed by atoms with van der Waals surface area (Å²) in [5.74, 6) is 0. The molecule has 4 heteroatoms.